The van der Waals surface area contributed by atoms with Crippen LogP contribution in [-0.4, -0.2) is 21.0 Å². The molecule has 0 atom stereocenters. The minimum atomic E-state index is 0. The fourth-order valence-corrected chi connectivity index (χ4v) is 3.09. The van der Waals surface area contributed by atoms with Crippen molar-refractivity contribution in [2.45, 2.75) is 57.0 Å². The van der Waals surface area contributed by atoms with E-state index in [1.807, 2.05) is 12.3 Å². The standard InChI is InChI=1S/C18H23N5.2ClH/c1-11-3-2-6-20-16(11)10-21-17-9-15(13-7-14(19)8-13)22-18(23-17)12-4-5-12;;/h2-3,6,9,12-14H,4-5,7-8,10,19H2,1H3,(H,21,22,23);2*1H. The van der Waals surface area contributed by atoms with Gasteiger partial charge in [0.05, 0.1) is 12.2 Å². The van der Waals surface area contributed by atoms with Gasteiger partial charge >= 0.3 is 0 Å². The number of nitrogens with one attached hydrogen (secondary N) is 1. The topological polar surface area (TPSA) is 76.7 Å². The monoisotopic (exact) mass is 381 g/mol. The zero-order valence-corrected chi connectivity index (χ0v) is 15.9. The number of rotatable bonds is 5. The lowest BCUT2D eigenvalue weighted by atomic mass is 9.78. The van der Waals surface area contributed by atoms with Gasteiger partial charge in [-0.2, -0.15) is 0 Å². The van der Waals surface area contributed by atoms with E-state index in [-0.39, 0.29) is 24.8 Å². The number of nitrogens with two attached hydrogens (primary N) is 1. The van der Waals surface area contributed by atoms with Crippen LogP contribution in [0.5, 0.6) is 0 Å². The lowest BCUT2D eigenvalue weighted by Crippen LogP contribution is -2.35. The first kappa shape index (κ1) is 19.9. The van der Waals surface area contributed by atoms with Gasteiger partial charge in [-0.25, -0.2) is 9.97 Å². The predicted molar refractivity (Wildman–Crippen MR) is 105 cm³/mol. The summed E-state index contributed by atoms with van der Waals surface area (Å²) in [7, 11) is 0. The summed E-state index contributed by atoms with van der Waals surface area (Å²) in [5, 5.41) is 3.43. The highest BCUT2D eigenvalue weighted by Crippen LogP contribution is 2.41. The molecule has 4 rings (SSSR count). The van der Waals surface area contributed by atoms with Crippen LogP contribution in [0.15, 0.2) is 24.4 Å². The molecule has 3 N–H and O–H groups in total. The molecule has 2 fully saturated rings. The normalized spacial score (nSPS) is 21.5. The van der Waals surface area contributed by atoms with Crippen molar-refractivity contribution in [3.8, 4) is 0 Å². The molecule has 0 aromatic carbocycles. The third-order valence-corrected chi connectivity index (χ3v) is 4.85. The molecule has 0 unspecified atom stereocenters. The number of halogens is 2. The van der Waals surface area contributed by atoms with Gasteiger partial charge in [-0.15, -0.1) is 24.8 Å². The fraction of sp³-hybridized carbons (Fsp3) is 0.500. The van der Waals surface area contributed by atoms with Gasteiger partial charge in [0.15, 0.2) is 0 Å². The molecule has 0 radical (unpaired) electrons. The first-order valence-electron chi connectivity index (χ1n) is 8.48. The van der Waals surface area contributed by atoms with Crippen molar-refractivity contribution in [1.29, 1.82) is 0 Å². The van der Waals surface area contributed by atoms with Crippen molar-refractivity contribution in [3.63, 3.8) is 0 Å². The first-order valence-corrected chi connectivity index (χ1v) is 8.48. The molecular formula is C18H25Cl2N5. The summed E-state index contributed by atoms with van der Waals surface area (Å²) in [5.41, 5.74) is 9.35. The van der Waals surface area contributed by atoms with Crippen molar-refractivity contribution in [2.75, 3.05) is 5.32 Å². The van der Waals surface area contributed by atoms with Gasteiger partial charge in [0.2, 0.25) is 0 Å². The molecule has 0 aliphatic heterocycles. The summed E-state index contributed by atoms with van der Waals surface area (Å²) in [6.45, 7) is 2.78. The average molecular weight is 382 g/mol. The van der Waals surface area contributed by atoms with Gasteiger partial charge in [-0.1, -0.05) is 6.07 Å². The Labute approximate surface area is 161 Å². The number of aryl methyl sites for hydroxylation is 1. The number of anilines is 1. The lowest BCUT2D eigenvalue weighted by molar-refractivity contribution is 0.344. The van der Waals surface area contributed by atoms with Gasteiger partial charge in [0, 0.05) is 35.8 Å². The molecule has 2 aromatic rings. The third kappa shape index (κ3) is 4.60. The molecule has 7 heteroatoms. The zero-order chi connectivity index (χ0) is 15.8. The number of nitrogens with zero attached hydrogens (tertiary/aromatic N) is 3. The van der Waals surface area contributed by atoms with Gasteiger partial charge < -0.3 is 11.1 Å². The molecule has 2 aliphatic rings. The van der Waals surface area contributed by atoms with E-state index in [1.165, 1.54) is 18.4 Å². The zero-order valence-electron chi connectivity index (χ0n) is 14.3. The Bertz CT molecular complexity index is 714. The van der Waals surface area contributed by atoms with Crippen molar-refractivity contribution in [3.05, 3.63) is 47.2 Å². The molecule has 25 heavy (non-hydrogen) atoms. The second kappa shape index (κ2) is 8.30. The van der Waals surface area contributed by atoms with E-state index in [0.29, 0.717) is 24.4 Å². The van der Waals surface area contributed by atoms with Crippen molar-refractivity contribution >= 4 is 30.6 Å². The molecule has 0 saturated heterocycles. The minimum Gasteiger partial charge on any atom is -0.364 e. The fourth-order valence-electron chi connectivity index (χ4n) is 3.09. The Hall–Kier alpha value is -1.43. The molecular weight excluding hydrogens is 357 g/mol. The highest BCUT2D eigenvalue weighted by atomic mass is 35.5. The van der Waals surface area contributed by atoms with E-state index in [2.05, 4.69) is 29.4 Å². The van der Waals surface area contributed by atoms with Gasteiger partial charge in [0.25, 0.3) is 0 Å². The number of hydrogen-bond donors (Lipinski definition) is 2. The summed E-state index contributed by atoms with van der Waals surface area (Å²) in [6.07, 6.45) is 6.35. The Balaban J connectivity index is 0.00000113. The smallest absolute Gasteiger partial charge is 0.134 e. The average Bonchev–Trinajstić information content (AvgIpc) is 3.36. The van der Waals surface area contributed by atoms with E-state index in [4.69, 9.17) is 15.7 Å². The van der Waals surface area contributed by atoms with E-state index in [1.54, 1.807) is 0 Å². The SMILES string of the molecule is Cc1cccnc1CNc1cc(C2CC(N)C2)nc(C2CC2)n1.Cl.Cl. The van der Waals surface area contributed by atoms with Crippen LogP contribution in [0.1, 0.15) is 60.3 Å². The number of hydrogen-bond acceptors (Lipinski definition) is 5. The molecule has 136 valence electrons. The molecule has 0 bridgehead atoms. The first-order chi connectivity index (χ1) is 11.2. The van der Waals surface area contributed by atoms with Crippen LogP contribution in [0.4, 0.5) is 5.82 Å². The second-order valence-corrected chi connectivity index (χ2v) is 6.86. The molecule has 2 heterocycles. The van der Waals surface area contributed by atoms with Gasteiger partial charge in [-0.3, -0.25) is 4.98 Å². The summed E-state index contributed by atoms with van der Waals surface area (Å²) >= 11 is 0. The summed E-state index contributed by atoms with van der Waals surface area (Å²) in [6, 6.07) is 6.49. The van der Waals surface area contributed by atoms with Crippen LogP contribution in [0, 0.1) is 6.92 Å². The maximum Gasteiger partial charge on any atom is 0.134 e. The predicted octanol–water partition coefficient (Wildman–Crippen LogP) is 3.72. The summed E-state index contributed by atoms with van der Waals surface area (Å²) in [5.74, 6) is 2.98. The van der Waals surface area contributed by atoms with E-state index >= 15 is 0 Å². The Kier molecular flexibility index (Phi) is 6.60. The summed E-state index contributed by atoms with van der Waals surface area (Å²) in [4.78, 5) is 14.0. The van der Waals surface area contributed by atoms with Crippen molar-refractivity contribution in [2.24, 2.45) is 5.73 Å². The highest BCUT2D eigenvalue weighted by molar-refractivity contribution is 5.85. The maximum atomic E-state index is 5.94. The minimum absolute atomic E-state index is 0. The highest BCUT2D eigenvalue weighted by Gasteiger charge is 2.32. The maximum absolute atomic E-state index is 5.94. The van der Waals surface area contributed by atoms with E-state index < -0.39 is 0 Å². The molecule has 2 aliphatic carbocycles. The molecule has 0 amide bonds. The molecule has 2 aromatic heterocycles. The Morgan fingerprint density at radius 1 is 1.16 bits per heavy atom. The van der Waals surface area contributed by atoms with Crippen LogP contribution in [0.3, 0.4) is 0 Å². The third-order valence-electron chi connectivity index (χ3n) is 4.85. The van der Waals surface area contributed by atoms with Crippen LogP contribution in [-0.2, 0) is 6.54 Å². The van der Waals surface area contributed by atoms with Crippen LogP contribution < -0.4 is 11.1 Å². The van der Waals surface area contributed by atoms with E-state index in [0.717, 1.165) is 35.9 Å². The van der Waals surface area contributed by atoms with E-state index in [9.17, 15) is 0 Å². The number of aromatic nitrogens is 3. The molecule has 0 spiro atoms. The van der Waals surface area contributed by atoms with Crippen LogP contribution in [0.2, 0.25) is 0 Å². The van der Waals surface area contributed by atoms with Crippen LogP contribution in [0.25, 0.3) is 0 Å². The lowest BCUT2D eigenvalue weighted by Gasteiger charge is -2.32. The second-order valence-electron chi connectivity index (χ2n) is 6.86. The van der Waals surface area contributed by atoms with Gasteiger partial charge in [0.1, 0.15) is 11.6 Å². The molecule has 2 saturated carbocycles. The van der Waals surface area contributed by atoms with Crippen molar-refractivity contribution < 1.29 is 0 Å². The number of pyridine rings is 1. The van der Waals surface area contributed by atoms with Crippen LogP contribution >= 0.6 is 24.8 Å². The molecule has 5 nitrogen and oxygen atoms in total. The van der Waals surface area contributed by atoms with Gasteiger partial charge in [-0.05, 0) is 44.2 Å². The quantitative estimate of drug-likeness (QED) is 0.824. The summed E-state index contributed by atoms with van der Waals surface area (Å²) < 4.78 is 0. The largest absolute Gasteiger partial charge is 0.364 e. The van der Waals surface area contributed by atoms with Crippen molar-refractivity contribution in [1.82, 2.24) is 15.0 Å². The Morgan fingerprint density at radius 2 is 1.92 bits per heavy atom. The Morgan fingerprint density at radius 3 is 2.56 bits per heavy atom.